The number of amides is 2. The van der Waals surface area contributed by atoms with Crippen LogP contribution in [0.4, 0.5) is 5.69 Å². The summed E-state index contributed by atoms with van der Waals surface area (Å²) in [6, 6.07) is 4.60. The van der Waals surface area contributed by atoms with Crippen molar-refractivity contribution in [2.45, 2.75) is 45.8 Å². The van der Waals surface area contributed by atoms with Crippen molar-refractivity contribution in [3.63, 3.8) is 0 Å². The lowest BCUT2D eigenvalue weighted by molar-refractivity contribution is -0.127. The molecule has 0 radical (unpaired) electrons. The number of carbonyl (C=O) groups is 2. The van der Waals surface area contributed by atoms with Gasteiger partial charge in [0.1, 0.15) is 5.75 Å². The molecule has 6 heteroatoms. The van der Waals surface area contributed by atoms with Gasteiger partial charge in [0.05, 0.1) is 5.56 Å². The van der Waals surface area contributed by atoms with Crippen LogP contribution in [-0.4, -0.2) is 24.0 Å². The van der Waals surface area contributed by atoms with E-state index < -0.39 is 12.0 Å². The van der Waals surface area contributed by atoms with E-state index in [1.165, 1.54) is 12.1 Å². The number of benzene rings is 1. The summed E-state index contributed by atoms with van der Waals surface area (Å²) in [7, 11) is 0. The summed E-state index contributed by atoms with van der Waals surface area (Å²) in [5.41, 5.74) is 11.6. The normalized spacial score (nSPS) is 13.3. The SMILES string of the molecule is CCCC(C)NC(=O)C(C)Oc1cc(N)ccc1C(N)=O. The monoisotopic (exact) mass is 293 g/mol. The molecule has 6 nitrogen and oxygen atoms in total. The molecule has 2 atom stereocenters. The molecule has 0 heterocycles. The van der Waals surface area contributed by atoms with Gasteiger partial charge in [0.2, 0.25) is 0 Å². The highest BCUT2D eigenvalue weighted by atomic mass is 16.5. The third-order valence-electron chi connectivity index (χ3n) is 3.05. The molecule has 0 aliphatic carbocycles. The first-order valence-corrected chi connectivity index (χ1v) is 7.01. The van der Waals surface area contributed by atoms with E-state index in [1.54, 1.807) is 13.0 Å². The zero-order chi connectivity index (χ0) is 16.0. The molecule has 1 aromatic carbocycles. The molecule has 5 N–H and O–H groups in total. The summed E-state index contributed by atoms with van der Waals surface area (Å²) in [6.45, 7) is 5.60. The van der Waals surface area contributed by atoms with E-state index in [9.17, 15) is 9.59 Å². The zero-order valence-corrected chi connectivity index (χ0v) is 12.7. The van der Waals surface area contributed by atoms with Crippen molar-refractivity contribution in [2.75, 3.05) is 5.73 Å². The first kappa shape index (κ1) is 16.8. The molecule has 1 rings (SSSR count). The van der Waals surface area contributed by atoms with Gasteiger partial charge in [-0.05, 0) is 32.4 Å². The predicted octanol–water partition coefficient (Wildman–Crippen LogP) is 1.44. The highest BCUT2D eigenvalue weighted by Crippen LogP contribution is 2.22. The molecule has 1 aromatic rings. The molecule has 0 aromatic heterocycles. The van der Waals surface area contributed by atoms with Gasteiger partial charge in [-0.15, -0.1) is 0 Å². The second-order valence-corrected chi connectivity index (χ2v) is 5.08. The Morgan fingerprint density at radius 3 is 2.57 bits per heavy atom. The predicted molar refractivity (Wildman–Crippen MR) is 82.0 cm³/mol. The Balaban J connectivity index is 2.78. The molecule has 0 fully saturated rings. The number of nitrogens with one attached hydrogen (secondary N) is 1. The summed E-state index contributed by atoms with van der Waals surface area (Å²) in [5, 5.41) is 2.85. The molecule has 0 saturated heterocycles. The fourth-order valence-electron chi connectivity index (χ4n) is 1.95. The van der Waals surface area contributed by atoms with Gasteiger partial charge in [0.25, 0.3) is 11.8 Å². The molecular weight excluding hydrogens is 270 g/mol. The van der Waals surface area contributed by atoms with E-state index in [-0.39, 0.29) is 23.3 Å². The molecular formula is C15H23N3O3. The Kier molecular flexibility index (Phi) is 6.02. The molecule has 116 valence electrons. The molecule has 2 unspecified atom stereocenters. The van der Waals surface area contributed by atoms with Crippen molar-refractivity contribution in [1.29, 1.82) is 0 Å². The average molecular weight is 293 g/mol. The molecule has 0 saturated carbocycles. The first-order valence-electron chi connectivity index (χ1n) is 7.01. The maximum atomic E-state index is 12.0. The van der Waals surface area contributed by atoms with Gasteiger partial charge in [0, 0.05) is 17.8 Å². The molecule has 0 aliphatic rings. The van der Waals surface area contributed by atoms with E-state index in [1.807, 2.05) is 6.92 Å². The number of anilines is 1. The van der Waals surface area contributed by atoms with Gasteiger partial charge >= 0.3 is 0 Å². The Morgan fingerprint density at radius 1 is 1.33 bits per heavy atom. The molecule has 0 spiro atoms. The van der Waals surface area contributed by atoms with Crippen LogP contribution < -0.4 is 21.5 Å². The van der Waals surface area contributed by atoms with Crippen molar-refractivity contribution in [3.05, 3.63) is 23.8 Å². The van der Waals surface area contributed by atoms with Crippen LogP contribution in [0.5, 0.6) is 5.75 Å². The van der Waals surface area contributed by atoms with Crippen molar-refractivity contribution < 1.29 is 14.3 Å². The van der Waals surface area contributed by atoms with E-state index >= 15 is 0 Å². The summed E-state index contributed by atoms with van der Waals surface area (Å²) in [4.78, 5) is 23.4. The minimum atomic E-state index is -0.746. The van der Waals surface area contributed by atoms with E-state index in [4.69, 9.17) is 16.2 Å². The lowest BCUT2D eigenvalue weighted by Gasteiger charge is -2.19. The highest BCUT2D eigenvalue weighted by molar-refractivity contribution is 5.96. The van der Waals surface area contributed by atoms with Crippen LogP contribution in [-0.2, 0) is 4.79 Å². The number of primary amides is 1. The number of nitrogen functional groups attached to an aromatic ring is 1. The van der Waals surface area contributed by atoms with Crippen LogP contribution in [0, 0.1) is 0 Å². The molecule has 0 bridgehead atoms. The van der Waals surface area contributed by atoms with Gasteiger partial charge in [-0.25, -0.2) is 0 Å². The lowest BCUT2D eigenvalue weighted by atomic mass is 10.1. The molecule has 21 heavy (non-hydrogen) atoms. The van der Waals surface area contributed by atoms with Gasteiger partial charge in [-0.1, -0.05) is 13.3 Å². The Hall–Kier alpha value is -2.24. The van der Waals surface area contributed by atoms with Crippen molar-refractivity contribution in [2.24, 2.45) is 5.73 Å². The summed E-state index contributed by atoms with van der Waals surface area (Å²) < 4.78 is 5.54. The minimum absolute atomic E-state index is 0.0741. The standard InChI is InChI=1S/C15H23N3O3/c1-4-5-9(2)18-15(20)10(3)21-13-8-11(16)6-7-12(13)14(17)19/h6-10H,4-5,16H2,1-3H3,(H2,17,19)(H,18,20). The molecule has 2 amide bonds. The largest absolute Gasteiger partial charge is 0.480 e. The fourth-order valence-corrected chi connectivity index (χ4v) is 1.95. The maximum Gasteiger partial charge on any atom is 0.260 e. The van der Waals surface area contributed by atoms with Crippen LogP contribution >= 0.6 is 0 Å². The second kappa shape index (κ2) is 7.52. The lowest BCUT2D eigenvalue weighted by Crippen LogP contribution is -2.41. The Labute approximate surface area is 124 Å². The minimum Gasteiger partial charge on any atom is -0.480 e. The fraction of sp³-hybridized carbons (Fsp3) is 0.467. The van der Waals surface area contributed by atoms with Gasteiger partial charge in [0.15, 0.2) is 6.10 Å². The molecule has 0 aliphatic heterocycles. The number of nitrogens with two attached hydrogens (primary N) is 2. The van der Waals surface area contributed by atoms with Gasteiger partial charge in [-0.3, -0.25) is 9.59 Å². The summed E-state index contributed by atoms with van der Waals surface area (Å²) in [6.07, 6.45) is 1.13. The van der Waals surface area contributed by atoms with Crippen LogP contribution in [0.3, 0.4) is 0 Å². The average Bonchev–Trinajstić information content (AvgIpc) is 2.38. The maximum absolute atomic E-state index is 12.0. The summed E-state index contributed by atoms with van der Waals surface area (Å²) >= 11 is 0. The third kappa shape index (κ3) is 4.98. The zero-order valence-electron chi connectivity index (χ0n) is 12.7. The van der Waals surface area contributed by atoms with Crippen LogP contribution in [0.25, 0.3) is 0 Å². The smallest absolute Gasteiger partial charge is 0.260 e. The van der Waals surface area contributed by atoms with Crippen LogP contribution in [0.1, 0.15) is 44.0 Å². The van der Waals surface area contributed by atoms with Crippen molar-refractivity contribution in [3.8, 4) is 5.75 Å². The number of hydrogen-bond donors (Lipinski definition) is 3. The van der Waals surface area contributed by atoms with Crippen LogP contribution in [0.2, 0.25) is 0 Å². The Morgan fingerprint density at radius 2 is 2.00 bits per heavy atom. The number of hydrogen-bond acceptors (Lipinski definition) is 4. The first-order chi connectivity index (χ1) is 9.85. The van der Waals surface area contributed by atoms with E-state index in [0.717, 1.165) is 12.8 Å². The van der Waals surface area contributed by atoms with Crippen molar-refractivity contribution in [1.82, 2.24) is 5.32 Å². The quantitative estimate of drug-likeness (QED) is 0.661. The second-order valence-electron chi connectivity index (χ2n) is 5.08. The third-order valence-corrected chi connectivity index (χ3v) is 3.05. The number of carbonyl (C=O) groups excluding carboxylic acids is 2. The Bertz CT molecular complexity index is 517. The van der Waals surface area contributed by atoms with Gasteiger partial charge < -0.3 is 21.5 Å². The van der Waals surface area contributed by atoms with Gasteiger partial charge in [-0.2, -0.15) is 0 Å². The van der Waals surface area contributed by atoms with Crippen LogP contribution in [0.15, 0.2) is 18.2 Å². The highest BCUT2D eigenvalue weighted by Gasteiger charge is 2.19. The van der Waals surface area contributed by atoms with E-state index in [2.05, 4.69) is 12.2 Å². The van der Waals surface area contributed by atoms with Crippen molar-refractivity contribution >= 4 is 17.5 Å². The number of rotatable bonds is 7. The van der Waals surface area contributed by atoms with E-state index in [0.29, 0.717) is 5.69 Å². The number of ether oxygens (including phenoxy) is 1. The topological polar surface area (TPSA) is 107 Å². The summed E-state index contributed by atoms with van der Waals surface area (Å²) in [5.74, 6) is -0.654.